The standard InChI is InChI=1S/C12H14ClN7/c1-7-5-17-20(6-7)10-3-2-8(13)4-9(10)18-12(16)19-11(14)15/h2-6H,1H3,(H6,14,15,16,18,19). The van der Waals surface area contributed by atoms with Crippen molar-refractivity contribution in [2.75, 3.05) is 0 Å². The number of benzene rings is 1. The molecule has 0 saturated carbocycles. The van der Waals surface area contributed by atoms with Crippen LogP contribution in [0, 0.1) is 6.92 Å². The molecule has 0 saturated heterocycles. The lowest BCUT2D eigenvalue weighted by Crippen LogP contribution is -2.26. The number of halogens is 1. The first-order valence-electron chi connectivity index (χ1n) is 5.70. The van der Waals surface area contributed by atoms with Crippen molar-refractivity contribution < 1.29 is 0 Å². The summed E-state index contributed by atoms with van der Waals surface area (Å²) >= 11 is 5.97. The predicted octanol–water partition coefficient (Wildman–Crippen LogP) is 1.05. The molecule has 2 rings (SSSR count). The molecule has 0 aliphatic rings. The Morgan fingerprint density at radius 1 is 1.30 bits per heavy atom. The first kappa shape index (κ1) is 13.9. The lowest BCUT2D eigenvalue weighted by atomic mass is 10.2. The van der Waals surface area contributed by atoms with Crippen LogP contribution >= 0.6 is 11.6 Å². The van der Waals surface area contributed by atoms with E-state index in [1.807, 2.05) is 13.1 Å². The van der Waals surface area contributed by atoms with Gasteiger partial charge in [0, 0.05) is 11.2 Å². The molecule has 1 aromatic carbocycles. The zero-order valence-corrected chi connectivity index (χ0v) is 11.5. The number of rotatable bonds is 2. The summed E-state index contributed by atoms with van der Waals surface area (Å²) in [6.45, 7) is 1.94. The highest BCUT2D eigenvalue weighted by Gasteiger charge is 2.07. The molecule has 104 valence electrons. The third kappa shape index (κ3) is 3.27. The fraction of sp³-hybridized carbons (Fsp3) is 0.0833. The van der Waals surface area contributed by atoms with Gasteiger partial charge in [0.1, 0.15) is 0 Å². The summed E-state index contributed by atoms with van der Waals surface area (Å²) in [6.07, 6.45) is 3.60. The van der Waals surface area contributed by atoms with Crippen molar-refractivity contribution in [3.05, 3.63) is 41.2 Å². The number of hydrogen-bond acceptors (Lipinski definition) is 2. The van der Waals surface area contributed by atoms with Gasteiger partial charge in [-0.25, -0.2) is 9.67 Å². The van der Waals surface area contributed by atoms with E-state index in [9.17, 15) is 0 Å². The van der Waals surface area contributed by atoms with Gasteiger partial charge in [0.25, 0.3) is 0 Å². The average Bonchev–Trinajstić information content (AvgIpc) is 2.74. The molecule has 20 heavy (non-hydrogen) atoms. The predicted molar refractivity (Wildman–Crippen MR) is 80.4 cm³/mol. The van der Waals surface area contributed by atoms with E-state index in [0.717, 1.165) is 11.3 Å². The molecule has 0 aliphatic carbocycles. The SMILES string of the molecule is Cc1cnn(-c2ccc(Cl)cc2N=C(N)N=C(N)N)c1. The van der Waals surface area contributed by atoms with Crippen LogP contribution in [0.4, 0.5) is 5.69 Å². The van der Waals surface area contributed by atoms with Crippen molar-refractivity contribution in [1.82, 2.24) is 9.78 Å². The fourth-order valence-electron chi connectivity index (χ4n) is 1.61. The lowest BCUT2D eigenvalue weighted by Gasteiger charge is -2.06. The van der Waals surface area contributed by atoms with Gasteiger partial charge in [-0.05, 0) is 30.7 Å². The van der Waals surface area contributed by atoms with E-state index in [-0.39, 0.29) is 11.9 Å². The van der Waals surface area contributed by atoms with Gasteiger partial charge >= 0.3 is 0 Å². The summed E-state index contributed by atoms with van der Waals surface area (Å²) in [4.78, 5) is 7.82. The maximum Gasteiger partial charge on any atom is 0.223 e. The Morgan fingerprint density at radius 3 is 2.65 bits per heavy atom. The lowest BCUT2D eigenvalue weighted by molar-refractivity contribution is 0.880. The monoisotopic (exact) mass is 291 g/mol. The van der Waals surface area contributed by atoms with Crippen LogP contribution < -0.4 is 17.2 Å². The molecule has 0 amide bonds. The van der Waals surface area contributed by atoms with Crippen molar-refractivity contribution in [2.45, 2.75) is 6.92 Å². The molecule has 6 N–H and O–H groups in total. The van der Waals surface area contributed by atoms with Crippen molar-refractivity contribution >= 4 is 29.2 Å². The average molecular weight is 292 g/mol. The molecule has 0 atom stereocenters. The number of aliphatic imine (C=N–C) groups is 2. The fourth-order valence-corrected chi connectivity index (χ4v) is 1.77. The van der Waals surface area contributed by atoms with Crippen molar-refractivity contribution in [1.29, 1.82) is 0 Å². The molecule has 0 unspecified atom stereocenters. The normalized spacial score (nSPS) is 11.4. The van der Waals surface area contributed by atoms with Crippen LogP contribution in [0.15, 0.2) is 40.6 Å². The summed E-state index contributed by atoms with van der Waals surface area (Å²) in [6, 6.07) is 5.18. The zero-order chi connectivity index (χ0) is 14.7. The zero-order valence-electron chi connectivity index (χ0n) is 10.8. The van der Waals surface area contributed by atoms with Gasteiger partial charge in [-0.15, -0.1) is 0 Å². The number of aromatic nitrogens is 2. The Kier molecular flexibility index (Phi) is 3.90. The van der Waals surface area contributed by atoms with Crippen LogP contribution in [0.3, 0.4) is 0 Å². The summed E-state index contributed by atoms with van der Waals surface area (Å²) in [7, 11) is 0. The van der Waals surface area contributed by atoms with Crippen LogP contribution in [0.2, 0.25) is 5.02 Å². The molecule has 2 aromatic rings. The first-order chi connectivity index (χ1) is 9.45. The van der Waals surface area contributed by atoms with Gasteiger partial charge in [0.05, 0.1) is 17.6 Å². The largest absolute Gasteiger partial charge is 0.370 e. The number of guanidine groups is 2. The summed E-state index contributed by atoms with van der Waals surface area (Å²) in [5, 5.41) is 4.74. The van der Waals surface area contributed by atoms with Gasteiger partial charge < -0.3 is 17.2 Å². The highest BCUT2D eigenvalue weighted by Crippen LogP contribution is 2.27. The van der Waals surface area contributed by atoms with Crippen LogP contribution in [-0.4, -0.2) is 21.7 Å². The second-order valence-electron chi connectivity index (χ2n) is 4.10. The third-order valence-corrected chi connectivity index (χ3v) is 2.61. The summed E-state index contributed by atoms with van der Waals surface area (Å²) in [5.74, 6) is -0.220. The van der Waals surface area contributed by atoms with E-state index >= 15 is 0 Å². The number of hydrogen-bond donors (Lipinski definition) is 3. The smallest absolute Gasteiger partial charge is 0.223 e. The minimum Gasteiger partial charge on any atom is -0.370 e. The van der Waals surface area contributed by atoms with Crippen molar-refractivity contribution in [3.8, 4) is 5.69 Å². The Bertz CT molecular complexity index is 683. The number of nitrogens with zero attached hydrogens (tertiary/aromatic N) is 4. The van der Waals surface area contributed by atoms with Crippen molar-refractivity contribution in [3.63, 3.8) is 0 Å². The summed E-state index contributed by atoms with van der Waals surface area (Å²) < 4.78 is 1.67. The molecule has 7 nitrogen and oxygen atoms in total. The Morgan fingerprint density at radius 2 is 2.05 bits per heavy atom. The van der Waals surface area contributed by atoms with Crippen LogP contribution in [-0.2, 0) is 0 Å². The number of aryl methyl sites for hydroxylation is 1. The van der Waals surface area contributed by atoms with Gasteiger partial charge in [-0.1, -0.05) is 11.6 Å². The molecule has 8 heteroatoms. The van der Waals surface area contributed by atoms with E-state index in [4.69, 9.17) is 28.8 Å². The van der Waals surface area contributed by atoms with E-state index in [1.54, 1.807) is 29.1 Å². The summed E-state index contributed by atoms with van der Waals surface area (Å²) in [5.41, 5.74) is 18.4. The second-order valence-corrected chi connectivity index (χ2v) is 4.54. The molecule has 1 aromatic heterocycles. The van der Waals surface area contributed by atoms with Crippen LogP contribution in [0.5, 0.6) is 0 Å². The Balaban J connectivity index is 2.52. The van der Waals surface area contributed by atoms with Gasteiger partial charge in [-0.3, -0.25) is 0 Å². The van der Waals surface area contributed by atoms with E-state index in [2.05, 4.69) is 15.1 Å². The number of nitrogens with two attached hydrogens (primary N) is 3. The molecular formula is C12H14ClN7. The molecule has 1 heterocycles. The van der Waals surface area contributed by atoms with E-state index in [0.29, 0.717) is 10.7 Å². The Hall–Kier alpha value is -2.54. The quantitative estimate of drug-likeness (QED) is 0.565. The first-order valence-corrected chi connectivity index (χ1v) is 6.08. The molecule has 0 spiro atoms. The van der Waals surface area contributed by atoms with Crippen LogP contribution in [0.25, 0.3) is 5.69 Å². The van der Waals surface area contributed by atoms with E-state index in [1.165, 1.54) is 0 Å². The van der Waals surface area contributed by atoms with Gasteiger partial charge in [0.15, 0.2) is 5.96 Å². The minimum atomic E-state index is -0.162. The maximum atomic E-state index is 5.97. The highest BCUT2D eigenvalue weighted by atomic mass is 35.5. The molecule has 0 aliphatic heterocycles. The van der Waals surface area contributed by atoms with Crippen molar-refractivity contribution in [2.24, 2.45) is 27.2 Å². The minimum absolute atomic E-state index is 0.0580. The second kappa shape index (κ2) is 5.62. The van der Waals surface area contributed by atoms with Gasteiger partial charge in [-0.2, -0.15) is 10.1 Å². The van der Waals surface area contributed by atoms with Gasteiger partial charge in [0.2, 0.25) is 5.96 Å². The molecular weight excluding hydrogens is 278 g/mol. The molecule has 0 bridgehead atoms. The molecule has 0 fully saturated rings. The van der Waals surface area contributed by atoms with Crippen LogP contribution in [0.1, 0.15) is 5.56 Å². The topological polar surface area (TPSA) is 121 Å². The molecule has 0 radical (unpaired) electrons. The van der Waals surface area contributed by atoms with E-state index < -0.39 is 0 Å². The highest BCUT2D eigenvalue weighted by molar-refractivity contribution is 6.31. The Labute approximate surface area is 120 Å². The third-order valence-electron chi connectivity index (χ3n) is 2.37. The maximum absolute atomic E-state index is 5.97.